The van der Waals surface area contributed by atoms with Crippen LogP contribution in [0, 0.1) is 6.92 Å². The second kappa shape index (κ2) is 8.86. The molecule has 8 nitrogen and oxygen atoms in total. The number of anilines is 1. The Morgan fingerprint density at radius 1 is 1.11 bits per heavy atom. The SMILES string of the molecule is Cc1nccn1CCNC(=O)CCn1c2c(c3ccccc31)CCN1C(=O)c3ccccc3N(C)C21. The van der Waals surface area contributed by atoms with Crippen molar-refractivity contribution in [3.8, 4) is 0 Å². The van der Waals surface area contributed by atoms with Gasteiger partial charge in [-0.1, -0.05) is 30.3 Å². The van der Waals surface area contributed by atoms with Crippen molar-refractivity contribution < 1.29 is 9.59 Å². The highest BCUT2D eigenvalue weighted by atomic mass is 16.2. The highest BCUT2D eigenvalue weighted by molar-refractivity contribution is 6.02. The Labute approximate surface area is 210 Å². The minimum absolute atomic E-state index is 0.0189. The summed E-state index contributed by atoms with van der Waals surface area (Å²) in [5.74, 6) is 1.03. The number of amides is 2. The Balaban J connectivity index is 1.29. The molecule has 2 aliphatic heterocycles. The molecule has 2 amide bonds. The van der Waals surface area contributed by atoms with Crippen molar-refractivity contribution in [1.29, 1.82) is 0 Å². The van der Waals surface area contributed by atoms with E-state index in [9.17, 15) is 9.59 Å². The van der Waals surface area contributed by atoms with Gasteiger partial charge >= 0.3 is 0 Å². The fourth-order valence-corrected chi connectivity index (χ4v) is 5.81. The summed E-state index contributed by atoms with van der Waals surface area (Å²) in [5, 5.41) is 4.26. The predicted molar refractivity (Wildman–Crippen MR) is 139 cm³/mol. The maximum Gasteiger partial charge on any atom is 0.257 e. The van der Waals surface area contributed by atoms with Crippen LogP contribution in [-0.4, -0.2) is 51.0 Å². The summed E-state index contributed by atoms with van der Waals surface area (Å²) in [5.41, 5.74) is 5.21. The Hall–Kier alpha value is -4.07. The molecule has 0 aliphatic carbocycles. The molecule has 1 atom stereocenters. The van der Waals surface area contributed by atoms with E-state index in [-0.39, 0.29) is 18.0 Å². The number of carbonyl (C=O) groups is 2. The Kier molecular flexibility index (Phi) is 5.51. The van der Waals surface area contributed by atoms with Crippen molar-refractivity contribution in [1.82, 2.24) is 24.3 Å². The zero-order valence-electron chi connectivity index (χ0n) is 20.6. The van der Waals surface area contributed by atoms with Crippen molar-refractivity contribution in [2.75, 3.05) is 25.0 Å². The average molecular weight is 483 g/mol. The van der Waals surface area contributed by atoms with E-state index in [1.165, 1.54) is 10.9 Å². The smallest absolute Gasteiger partial charge is 0.257 e. The largest absolute Gasteiger partial charge is 0.354 e. The standard InChI is InChI=1S/C28H30N6O2/c1-19-29-13-17-32(19)18-14-30-25(35)12-16-33-24-10-6-3-7-20(24)21-11-15-34-27(26(21)33)31(2)23-9-5-4-8-22(23)28(34)36/h3-10,13,17,27H,11-12,14-16,18H2,1-2H3,(H,30,35). The van der Waals surface area contributed by atoms with E-state index in [4.69, 9.17) is 0 Å². The summed E-state index contributed by atoms with van der Waals surface area (Å²) >= 11 is 0. The molecule has 36 heavy (non-hydrogen) atoms. The molecular weight excluding hydrogens is 452 g/mol. The third-order valence-electron chi connectivity index (χ3n) is 7.57. The zero-order chi connectivity index (χ0) is 24.8. The van der Waals surface area contributed by atoms with Gasteiger partial charge in [0.25, 0.3) is 5.91 Å². The molecule has 4 heterocycles. The van der Waals surface area contributed by atoms with Crippen molar-refractivity contribution in [3.63, 3.8) is 0 Å². The normalized spacial score (nSPS) is 16.6. The van der Waals surface area contributed by atoms with E-state index in [0.29, 0.717) is 32.6 Å². The summed E-state index contributed by atoms with van der Waals surface area (Å²) in [7, 11) is 2.06. The van der Waals surface area contributed by atoms with Gasteiger partial charge in [-0.05, 0) is 37.1 Å². The fraction of sp³-hybridized carbons (Fsp3) is 0.321. The number of hydrogen-bond donors (Lipinski definition) is 1. The van der Waals surface area contributed by atoms with E-state index in [1.54, 1.807) is 6.20 Å². The first kappa shape index (κ1) is 22.4. The van der Waals surface area contributed by atoms with Crippen LogP contribution >= 0.6 is 0 Å². The van der Waals surface area contributed by atoms with Crippen LogP contribution in [0.5, 0.6) is 0 Å². The van der Waals surface area contributed by atoms with Crippen LogP contribution in [0.1, 0.15) is 40.0 Å². The maximum atomic E-state index is 13.5. The number of aromatic nitrogens is 3. The van der Waals surface area contributed by atoms with Gasteiger partial charge in [-0.3, -0.25) is 9.59 Å². The van der Waals surface area contributed by atoms with E-state index in [0.717, 1.165) is 34.7 Å². The van der Waals surface area contributed by atoms with Gasteiger partial charge in [0.1, 0.15) is 12.0 Å². The quantitative estimate of drug-likeness (QED) is 0.457. The lowest BCUT2D eigenvalue weighted by atomic mass is 9.96. The predicted octanol–water partition coefficient (Wildman–Crippen LogP) is 3.50. The third-order valence-corrected chi connectivity index (χ3v) is 7.57. The number of carbonyl (C=O) groups excluding carboxylic acids is 2. The number of aryl methyl sites for hydroxylation is 2. The molecular formula is C28H30N6O2. The minimum Gasteiger partial charge on any atom is -0.354 e. The van der Waals surface area contributed by atoms with Gasteiger partial charge in [-0.25, -0.2) is 4.98 Å². The lowest BCUT2D eigenvalue weighted by Crippen LogP contribution is -2.51. The molecule has 184 valence electrons. The van der Waals surface area contributed by atoms with Crippen molar-refractivity contribution in [3.05, 3.63) is 83.6 Å². The van der Waals surface area contributed by atoms with E-state index in [1.807, 2.05) is 52.9 Å². The number of benzene rings is 2. The van der Waals surface area contributed by atoms with Gasteiger partial charge in [-0.2, -0.15) is 0 Å². The molecule has 2 aliphatic rings. The van der Waals surface area contributed by atoms with E-state index in [2.05, 4.69) is 45.0 Å². The first-order chi connectivity index (χ1) is 17.5. The van der Waals surface area contributed by atoms with Crippen LogP contribution in [0.3, 0.4) is 0 Å². The van der Waals surface area contributed by atoms with E-state index >= 15 is 0 Å². The van der Waals surface area contributed by atoms with Crippen molar-refractivity contribution in [2.24, 2.45) is 0 Å². The van der Waals surface area contributed by atoms with Crippen LogP contribution in [0.4, 0.5) is 5.69 Å². The number of hydrogen-bond acceptors (Lipinski definition) is 4. The molecule has 8 heteroatoms. The number of para-hydroxylation sites is 2. The average Bonchev–Trinajstić information content (AvgIpc) is 3.46. The molecule has 1 N–H and O–H groups in total. The monoisotopic (exact) mass is 482 g/mol. The molecule has 0 radical (unpaired) electrons. The van der Waals surface area contributed by atoms with Crippen LogP contribution in [0.15, 0.2) is 60.9 Å². The van der Waals surface area contributed by atoms with Gasteiger partial charge in [0.05, 0.1) is 16.9 Å². The Morgan fingerprint density at radius 2 is 1.92 bits per heavy atom. The molecule has 0 fully saturated rings. The number of fused-ring (bicyclic) bond motifs is 6. The molecule has 2 aromatic carbocycles. The van der Waals surface area contributed by atoms with Crippen LogP contribution in [0.2, 0.25) is 0 Å². The lowest BCUT2D eigenvalue weighted by Gasteiger charge is -2.46. The van der Waals surface area contributed by atoms with Gasteiger partial charge in [0, 0.05) is 62.9 Å². The van der Waals surface area contributed by atoms with Gasteiger partial charge in [0.15, 0.2) is 0 Å². The number of nitrogens with one attached hydrogen (secondary N) is 1. The molecule has 0 spiro atoms. The highest BCUT2D eigenvalue weighted by Gasteiger charge is 2.42. The highest BCUT2D eigenvalue weighted by Crippen LogP contribution is 2.44. The van der Waals surface area contributed by atoms with E-state index < -0.39 is 0 Å². The lowest BCUT2D eigenvalue weighted by molar-refractivity contribution is -0.121. The minimum atomic E-state index is -0.198. The maximum absolute atomic E-state index is 13.5. The Bertz CT molecular complexity index is 1470. The zero-order valence-corrected chi connectivity index (χ0v) is 20.6. The van der Waals surface area contributed by atoms with Crippen LogP contribution in [0.25, 0.3) is 10.9 Å². The summed E-state index contributed by atoms with van der Waals surface area (Å²) in [6, 6.07) is 16.2. The third kappa shape index (κ3) is 3.56. The molecule has 1 unspecified atom stereocenters. The van der Waals surface area contributed by atoms with Crippen LogP contribution < -0.4 is 10.2 Å². The second-order valence-electron chi connectivity index (χ2n) is 9.55. The second-order valence-corrected chi connectivity index (χ2v) is 9.55. The summed E-state index contributed by atoms with van der Waals surface area (Å²) < 4.78 is 4.29. The van der Waals surface area contributed by atoms with Crippen molar-refractivity contribution in [2.45, 2.75) is 39.0 Å². The molecule has 0 saturated carbocycles. The summed E-state index contributed by atoms with van der Waals surface area (Å²) in [6.07, 6.45) is 4.67. The first-order valence-electron chi connectivity index (χ1n) is 12.5. The first-order valence-corrected chi connectivity index (χ1v) is 12.5. The molecule has 6 rings (SSSR count). The van der Waals surface area contributed by atoms with Crippen LogP contribution in [-0.2, 0) is 24.3 Å². The molecule has 0 saturated heterocycles. The molecule has 0 bridgehead atoms. The number of nitrogens with zero attached hydrogens (tertiary/aromatic N) is 5. The Morgan fingerprint density at radius 3 is 2.75 bits per heavy atom. The fourth-order valence-electron chi connectivity index (χ4n) is 5.81. The van der Waals surface area contributed by atoms with Gasteiger partial charge in [-0.15, -0.1) is 0 Å². The van der Waals surface area contributed by atoms with Gasteiger partial charge < -0.3 is 24.3 Å². The summed E-state index contributed by atoms with van der Waals surface area (Å²) in [4.78, 5) is 34.7. The topological polar surface area (TPSA) is 75.4 Å². The molecule has 4 aromatic rings. The summed E-state index contributed by atoms with van der Waals surface area (Å²) in [6.45, 7) is 4.45. The molecule has 2 aromatic heterocycles. The van der Waals surface area contributed by atoms with Gasteiger partial charge in [0.2, 0.25) is 5.91 Å². The number of imidazole rings is 1. The number of rotatable bonds is 6. The van der Waals surface area contributed by atoms with Crippen molar-refractivity contribution >= 4 is 28.4 Å².